The number of benzene rings is 9. The molecule has 0 saturated carbocycles. The van der Waals surface area contributed by atoms with E-state index in [1.54, 1.807) is 34.1 Å². The van der Waals surface area contributed by atoms with Crippen LogP contribution >= 0.6 is 0 Å². The molecule has 0 N–H and O–H groups in total. The summed E-state index contributed by atoms with van der Waals surface area (Å²) in [6.45, 7) is 28.6. The minimum Gasteiger partial charge on any atom is -0.457 e. The fraction of sp³-hybridized carbons (Fsp3) is 0.419. The van der Waals surface area contributed by atoms with Crippen LogP contribution < -0.4 is 18.9 Å². The van der Waals surface area contributed by atoms with Crippen molar-refractivity contribution < 1.29 is 76.1 Å². The molecule has 110 heavy (non-hydrogen) atoms. The SMILES string of the molecule is COC(C(=O)N1CCN(CCN(CC2CO2)CC2CO2)CC1)N1C(=O)c2cc(Oc3cc(C)cc(C)c3)c3c4c(Oc5cc(C)cc(C)c5)cc5c6c(cc(Oc7cc(C)cc(C)c7)c(c7c(Oc8cc(C)cc(C)c8)cc(c2c37)C1=O)c64)C(=O)N(C(OC)C(=O)N1CCN(CCN(CC2CO2)CC2CO2)CC1)C5=O. The van der Waals surface area contributed by atoms with Crippen LogP contribution in [0, 0.1) is 55.4 Å². The molecule has 8 aliphatic rings. The minimum atomic E-state index is -1.72. The summed E-state index contributed by atoms with van der Waals surface area (Å²) >= 11 is 0. The van der Waals surface area contributed by atoms with Crippen molar-refractivity contribution in [3.63, 3.8) is 0 Å². The van der Waals surface area contributed by atoms with Crippen LogP contribution in [-0.4, -0.2) is 257 Å². The van der Waals surface area contributed by atoms with Crippen LogP contribution in [0.5, 0.6) is 46.0 Å². The van der Waals surface area contributed by atoms with Crippen molar-refractivity contribution in [3.8, 4) is 46.0 Å². The Labute approximate surface area is 638 Å². The number of rotatable bonds is 28. The first-order chi connectivity index (χ1) is 53.1. The Morgan fingerprint density at radius 1 is 0.355 bits per heavy atom. The number of nitrogens with zero attached hydrogens (tertiary/aromatic N) is 8. The van der Waals surface area contributed by atoms with Crippen LogP contribution in [0.4, 0.5) is 0 Å². The normalized spacial score (nSPS) is 20.3. The second kappa shape index (κ2) is 29.5. The summed E-state index contributed by atoms with van der Waals surface area (Å²) in [7, 11) is 2.64. The molecule has 0 spiro atoms. The first kappa shape index (κ1) is 73.1. The van der Waals surface area contributed by atoms with Crippen molar-refractivity contribution in [3.05, 3.63) is 164 Å². The lowest BCUT2D eigenvalue weighted by atomic mass is 9.80. The predicted molar refractivity (Wildman–Crippen MR) is 412 cm³/mol. The number of carbonyl (C=O) groups is 6. The Morgan fingerprint density at radius 2 is 0.591 bits per heavy atom. The fourth-order valence-electron chi connectivity index (χ4n) is 17.0. The molecule has 9 aromatic rings. The van der Waals surface area contributed by atoms with Gasteiger partial charge in [0.15, 0.2) is 0 Å². The Balaban J connectivity index is 0.851. The molecule has 572 valence electrons. The average molecular weight is 1490 g/mol. The summed E-state index contributed by atoms with van der Waals surface area (Å²) in [5.74, 6) is -2.47. The first-order valence-corrected chi connectivity index (χ1v) is 38.2. The van der Waals surface area contributed by atoms with Crippen molar-refractivity contribution >= 4 is 78.5 Å². The third-order valence-electron chi connectivity index (χ3n) is 22.3. The van der Waals surface area contributed by atoms with Gasteiger partial charge in [0, 0.05) is 162 Å². The first-order valence-electron chi connectivity index (χ1n) is 38.2. The van der Waals surface area contributed by atoms with Gasteiger partial charge in [-0.2, -0.15) is 0 Å². The summed E-state index contributed by atoms with van der Waals surface area (Å²) in [4.78, 5) is 111. The molecule has 6 unspecified atom stereocenters. The molecule has 0 bridgehead atoms. The highest BCUT2D eigenvalue weighted by molar-refractivity contribution is 6.45. The van der Waals surface area contributed by atoms with E-state index in [9.17, 15) is 0 Å². The van der Waals surface area contributed by atoms with Crippen LogP contribution in [0.25, 0.3) is 43.1 Å². The molecule has 24 heteroatoms. The molecule has 24 nitrogen and oxygen atoms in total. The second-order valence-electron chi connectivity index (χ2n) is 31.2. The Morgan fingerprint density at radius 3 is 0.809 bits per heavy atom. The molecule has 6 fully saturated rings. The van der Waals surface area contributed by atoms with Crippen LogP contribution in [0.15, 0.2) is 97.1 Å². The zero-order valence-corrected chi connectivity index (χ0v) is 64.0. The fourth-order valence-corrected chi connectivity index (χ4v) is 17.0. The van der Waals surface area contributed by atoms with Crippen molar-refractivity contribution in [1.82, 2.24) is 39.2 Å². The van der Waals surface area contributed by atoms with E-state index in [1.807, 2.05) is 128 Å². The summed E-state index contributed by atoms with van der Waals surface area (Å²) in [5, 5.41) is 2.21. The molecule has 6 atom stereocenters. The maximum absolute atomic E-state index is 16.4. The second-order valence-corrected chi connectivity index (χ2v) is 31.2. The standard InChI is InChI=1S/C86H92N8O16/c1-47-23-48(2)28-55(27-47)107-67-35-63-71-64(80(96)93(79(63)95)85(101-9)83(99)91-19-15-87(16-20-91)11-13-89(39-59-43-103-59)40-60-44-104-60)37-69(109-57-31-51(5)25-52(6)32-57)75-76-70(110-58-33-53(7)26-54(8)34-58)38-66-72-65(36-68(74(78(72)76)73(67)77(71)75)108-56-29-49(3)24-50(4)30-56)81(97)94(82(66)98)86(102-10)84(100)92-21-17-88(18-22-92)12-14-90(41-61-45-105-61)42-62-46-106-62/h23-38,59-62,85-86H,11-22,39-46H2,1-10H3. The number of aryl methyl sites for hydroxylation is 8. The number of imide groups is 2. The van der Waals surface area contributed by atoms with E-state index in [0.29, 0.717) is 108 Å². The summed E-state index contributed by atoms with van der Waals surface area (Å²) in [6, 6.07) is 29.5. The van der Waals surface area contributed by atoms with Gasteiger partial charge in [-0.1, -0.05) is 24.3 Å². The monoisotopic (exact) mass is 1490 g/mol. The summed E-state index contributed by atoms with van der Waals surface area (Å²) in [6.07, 6.45) is -2.51. The Hall–Kier alpha value is -9.70. The Bertz CT molecular complexity index is 4560. The zero-order chi connectivity index (χ0) is 76.2. The molecule has 17 rings (SSSR count). The quantitative estimate of drug-likeness (QED) is 0.0192. The Kier molecular flexibility index (Phi) is 19.6. The van der Waals surface area contributed by atoms with Gasteiger partial charge in [-0.05, 0) is 173 Å². The zero-order valence-electron chi connectivity index (χ0n) is 64.0. The van der Waals surface area contributed by atoms with Crippen LogP contribution in [0.1, 0.15) is 85.9 Å². The highest BCUT2D eigenvalue weighted by atomic mass is 16.6. The van der Waals surface area contributed by atoms with E-state index < -0.39 is 47.9 Å². The summed E-state index contributed by atoms with van der Waals surface area (Å²) < 4.78 is 64.0. The maximum atomic E-state index is 16.4. The van der Waals surface area contributed by atoms with Gasteiger partial charge >= 0.3 is 0 Å². The average Bonchev–Trinajstić information content (AvgIpc) is 0.933. The van der Waals surface area contributed by atoms with E-state index in [-0.39, 0.29) is 80.4 Å². The number of piperazine rings is 2. The van der Waals surface area contributed by atoms with Crippen molar-refractivity contribution in [2.75, 3.05) is 145 Å². The van der Waals surface area contributed by atoms with E-state index in [0.717, 1.165) is 133 Å². The van der Waals surface area contributed by atoms with Gasteiger partial charge in [-0.3, -0.25) is 48.4 Å². The third kappa shape index (κ3) is 14.6. The molecular formula is C86H92N8O16. The molecule has 8 heterocycles. The van der Waals surface area contributed by atoms with E-state index in [1.165, 1.54) is 14.2 Å². The number of fused-ring (bicyclic) bond motifs is 2. The van der Waals surface area contributed by atoms with Gasteiger partial charge in [0.2, 0.25) is 12.5 Å². The molecule has 8 aliphatic heterocycles. The minimum absolute atomic E-state index is 0.0000859. The van der Waals surface area contributed by atoms with E-state index in [4.69, 9.17) is 47.4 Å². The van der Waals surface area contributed by atoms with Crippen molar-refractivity contribution in [2.24, 2.45) is 0 Å². The van der Waals surface area contributed by atoms with Gasteiger partial charge in [-0.25, -0.2) is 9.80 Å². The number of hydrogen-bond acceptors (Lipinski definition) is 20. The van der Waals surface area contributed by atoms with Gasteiger partial charge in [0.05, 0.1) is 73.1 Å². The lowest BCUT2D eigenvalue weighted by Crippen LogP contribution is -2.59. The maximum Gasteiger partial charge on any atom is 0.273 e. The lowest BCUT2D eigenvalue weighted by molar-refractivity contribution is -0.151. The number of carbonyl (C=O) groups excluding carboxylic acids is 6. The van der Waals surface area contributed by atoms with Crippen LogP contribution in [0.2, 0.25) is 0 Å². The molecule has 6 saturated heterocycles. The highest BCUT2D eigenvalue weighted by Gasteiger charge is 2.49. The van der Waals surface area contributed by atoms with Gasteiger partial charge < -0.3 is 57.2 Å². The third-order valence-corrected chi connectivity index (χ3v) is 22.3. The number of amides is 6. The van der Waals surface area contributed by atoms with Crippen molar-refractivity contribution in [1.29, 1.82) is 0 Å². The smallest absolute Gasteiger partial charge is 0.273 e. The predicted octanol–water partition coefficient (Wildman–Crippen LogP) is 11.0. The topological polar surface area (TPSA) is 234 Å². The van der Waals surface area contributed by atoms with E-state index >= 15 is 28.8 Å². The van der Waals surface area contributed by atoms with Crippen molar-refractivity contribution in [2.45, 2.75) is 92.3 Å². The van der Waals surface area contributed by atoms with Gasteiger partial charge in [-0.15, -0.1) is 0 Å². The highest BCUT2D eigenvalue weighted by Crippen LogP contribution is 2.58. The summed E-state index contributed by atoms with van der Waals surface area (Å²) in [5.41, 5.74) is 6.98. The molecule has 9 aromatic carbocycles. The van der Waals surface area contributed by atoms with E-state index in [2.05, 4.69) is 19.6 Å². The molecule has 0 aromatic heterocycles. The molecule has 0 radical (unpaired) electrons. The van der Waals surface area contributed by atoms with Gasteiger partial charge in [0.25, 0.3) is 35.4 Å². The lowest BCUT2D eigenvalue weighted by Gasteiger charge is -2.39. The largest absolute Gasteiger partial charge is 0.457 e. The number of hydrogen-bond donors (Lipinski definition) is 0. The van der Waals surface area contributed by atoms with Crippen LogP contribution in [0.3, 0.4) is 0 Å². The molecular weight excluding hydrogens is 1400 g/mol. The number of ether oxygens (including phenoxy) is 10. The molecule has 6 amide bonds. The number of epoxide rings is 4. The van der Waals surface area contributed by atoms with Crippen LogP contribution in [-0.2, 0) is 38.0 Å². The molecule has 0 aliphatic carbocycles. The van der Waals surface area contributed by atoms with Gasteiger partial charge in [0.1, 0.15) is 46.0 Å². The number of methoxy groups -OCH3 is 2.